The molecule has 2 bridgehead atoms. The number of esters is 1. The van der Waals surface area contributed by atoms with Crippen LogP contribution in [-0.4, -0.2) is 36.3 Å². The first kappa shape index (κ1) is 20.0. The Morgan fingerprint density at radius 3 is 2.33 bits per heavy atom. The second kappa shape index (κ2) is 8.98. The van der Waals surface area contributed by atoms with E-state index < -0.39 is 23.9 Å². The summed E-state index contributed by atoms with van der Waals surface area (Å²) >= 11 is 11.5. The Morgan fingerprint density at radius 2 is 1.74 bits per heavy atom. The van der Waals surface area contributed by atoms with E-state index in [-0.39, 0.29) is 29.5 Å². The van der Waals surface area contributed by atoms with E-state index in [0.717, 1.165) is 12.2 Å². The van der Waals surface area contributed by atoms with E-state index in [1.165, 1.54) is 0 Å². The standard InChI is InChI=1S/C20H23Cl2NO4/c1-2-26-15-7-5-14(6-8-15)23-19(24)17-12-3-4-13(9-12)18(17)20(25)27-16(10-21)11-22/h3-8,12-13,16-18H,2,9-11H2,1H3,(H,23,24)/t12-,13-,17-,18-/m0/s1. The van der Waals surface area contributed by atoms with E-state index >= 15 is 0 Å². The molecule has 0 radical (unpaired) electrons. The van der Waals surface area contributed by atoms with Crippen LogP contribution in [0, 0.1) is 23.7 Å². The SMILES string of the molecule is CCOc1ccc(NC(=O)[C@@H]2[C@@H](C(=O)OC(CCl)CCl)[C@H]3C=C[C@H]2C3)cc1. The number of nitrogens with one attached hydrogen (secondary N) is 1. The molecule has 0 aliphatic heterocycles. The fourth-order valence-electron chi connectivity index (χ4n) is 3.87. The predicted octanol–water partition coefficient (Wildman–Crippen LogP) is 3.85. The molecule has 7 heteroatoms. The van der Waals surface area contributed by atoms with Crippen molar-refractivity contribution >= 4 is 40.8 Å². The smallest absolute Gasteiger partial charge is 0.310 e. The number of anilines is 1. The minimum Gasteiger partial charge on any atom is -0.494 e. The van der Waals surface area contributed by atoms with Gasteiger partial charge in [-0.3, -0.25) is 9.59 Å². The van der Waals surface area contributed by atoms with Crippen molar-refractivity contribution < 1.29 is 19.1 Å². The number of alkyl halides is 2. The van der Waals surface area contributed by atoms with Crippen molar-refractivity contribution in [1.29, 1.82) is 0 Å². The number of amides is 1. The maximum Gasteiger partial charge on any atom is 0.310 e. The molecule has 1 aromatic rings. The van der Waals surface area contributed by atoms with Gasteiger partial charge < -0.3 is 14.8 Å². The van der Waals surface area contributed by atoms with Gasteiger partial charge in [0.05, 0.1) is 30.2 Å². The van der Waals surface area contributed by atoms with E-state index in [1.807, 2.05) is 19.1 Å². The lowest BCUT2D eigenvalue weighted by Gasteiger charge is -2.27. The number of fused-ring (bicyclic) bond motifs is 2. The average Bonchev–Trinajstić information content (AvgIpc) is 3.29. The van der Waals surface area contributed by atoms with Crippen LogP contribution in [0.25, 0.3) is 0 Å². The van der Waals surface area contributed by atoms with E-state index in [2.05, 4.69) is 5.32 Å². The van der Waals surface area contributed by atoms with Gasteiger partial charge in [-0.1, -0.05) is 12.2 Å². The lowest BCUT2D eigenvalue weighted by atomic mass is 9.82. The molecule has 0 unspecified atom stereocenters. The normalized spacial score (nSPS) is 25.6. The zero-order chi connectivity index (χ0) is 19.4. The molecule has 0 aromatic heterocycles. The number of hydrogen-bond donors (Lipinski definition) is 1. The molecular formula is C20H23Cl2NO4. The Morgan fingerprint density at radius 1 is 1.11 bits per heavy atom. The molecule has 1 N–H and O–H groups in total. The van der Waals surface area contributed by atoms with Gasteiger partial charge in [0.15, 0.2) is 0 Å². The number of carbonyl (C=O) groups is 2. The van der Waals surface area contributed by atoms with Crippen molar-refractivity contribution in [3.05, 3.63) is 36.4 Å². The first-order valence-corrected chi connectivity index (χ1v) is 10.2. The summed E-state index contributed by atoms with van der Waals surface area (Å²) in [6.45, 7) is 2.50. The van der Waals surface area contributed by atoms with Crippen LogP contribution >= 0.6 is 23.2 Å². The Bertz CT molecular complexity index is 702. The third-order valence-electron chi connectivity index (χ3n) is 5.09. The Kier molecular flexibility index (Phi) is 6.66. The van der Waals surface area contributed by atoms with Crippen LogP contribution in [0.1, 0.15) is 13.3 Å². The van der Waals surface area contributed by atoms with Crippen LogP contribution in [0.15, 0.2) is 36.4 Å². The molecule has 1 saturated carbocycles. The molecule has 0 heterocycles. The van der Waals surface area contributed by atoms with E-state index in [0.29, 0.717) is 12.3 Å². The molecule has 2 aliphatic carbocycles. The molecule has 5 nitrogen and oxygen atoms in total. The molecule has 1 fully saturated rings. The van der Waals surface area contributed by atoms with Crippen molar-refractivity contribution in [3.63, 3.8) is 0 Å². The molecule has 1 amide bonds. The minimum absolute atomic E-state index is 0.0184. The summed E-state index contributed by atoms with van der Waals surface area (Å²) in [6, 6.07) is 7.18. The van der Waals surface area contributed by atoms with E-state index in [1.54, 1.807) is 24.3 Å². The molecule has 1 aromatic carbocycles. The Labute approximate surface area is 169 Å². The van der Waals surface area contributed by atoms with Crippen molar-refractivity contribution in [1.82, 2.24) is 0 Å². The lowest BCUT2D eigenvalue weighted by molar-refractivity contribution is -0.156. The number of hydrogen-bond acceptors (Lipinski definition) is 4. The summed E-state index contributed by atoms with van der Waals surface area (Å²) in [5, 5.41) is 2.92. The zero-order valence-corrected chi connectivity index (χ0v) is 16.6. The predicted molar refractivity (Wildman–Crippen MR) is 105 cm³/mol. The molecule has 27 heavy (non-hydrogen) atoms. The van der Waals surface area contributed by atoms with Crippen molar-refractivity contribution in [3.8, 4) is 5.75 Å². The van der Waals surface area contributed by atoms with Gasteiger partial charge in [-0.25, -0.2) is 0 Å². The molecule has 4 atom stereocenters. The van der Waals surface area contributed by atoms with Crippen LogP contribution in [0.5, 0.6) is 5.75 Å². The van der Waals surface area contributed by atoms with Gasteiger partial charge in [0, 0.05) is 5.69 Å². The summed E-state index contributed by atoms with van der Waals surface area (Å²) in [5.74, 6) is -0.457. The van der Waals surface area contributed by atoms with E-state index in [4.69, 9.17) is 32.7 Å². The van der Waals surface area contributed by atoms with Gasteiger partial charge in [0.2, 0.25) is 5.91 Å². The highest BCUT2D eigenvalue weighted by molar-refractivity contribution is 6.21. The summed E-state index contributed by atoms with van der Waals surface area (Å²) in [4.78, 5) is 25.6. The summed E-state index contributed by atoms with van der Waals surface area (Å²) < 4.78 is 10.8. The molecule has 2 aliphatic rings. The summed E-state index contributed by atoms with van der Waals surface area (Å²) in [6.07, 6.45) is 4.28. The highest BCUT2D eigenvalue weighted by Gasteiger charge is 2.52. The fourth-order valence-corrected chi connectivity index (χ4v) is 4.33. The van der Waals surface area contributed by atoms with Gasteiger partial charge in [-0.05, 0) is 49.4 Å². The minimum atomic E-state index is -0.543. The van der Waals surface area contributed by atoms with Gasteiger partial charge in [0.25, 0.3) is 0 Å². The van der Waals surface area contributed by atoms with Crippen LogP contribution < -0.4 is 10.1 Å². The first-order chi connectivity index (χ1) is 13.1. The molecule has 146 valence electrons. The van der Waals surface area contributed by atoms with Gasteiger partial charge >= 0.3 is 5.97 Å². The van der Waals surface area contributed by atoms with Crippen LogP contribution in [0.2, 0.25) is 0 Å². The number of allylic oxidation sites excluding steroid dienone is 2. The number of ether oxygens (including phenoxy) is 2. The quantitative estimate of drug-likeness (QED) is 0.400. The summed E-state index contributed by atoms with van der Waals surface area (Å²) in [7, 11) is 0. The third-order valence-corrected chi connectivity index (χ3v) is 5.78. The average molecular weight is 412 g/mol. The number of carbonyl (C=O) groups excluding carboxylic acids is 2. The number of halogens is 2. The second-order valence-corrected chi connectivity index (χ2v) is 7.43. The molecular weight excluding hydrogens is 389 g/mol. The lowest BCUT2D eigenvalue weighted by Crippen LogP contribution is -2.39. The van der Waals surface area contributed by atoms with Gasteiger partial charge in [-0.15, -0.1) is 23.2 Å². The maximum absolute atomic E-state index is 12.9. The zero-order valence-electron chi connectivity index (χ0n) is 15.1. The monoisotopic (exact) mass is 411 g/mol. The number of rotatable bonds is 8. The topological polar surface area (TPSA) is 64.6 Å². The van der Waals surface area contributed by atoms with E-state index in [9.17, 15) is 9.59 Å². The highest BCUT2D eigenvalue weighted by atomic mass is 35.5. The van der Waals surface area contributed by atoms with Crippen LogP contribution in [0.3, 0.4) is 0 Å². The van der Waals surface area contributed by atoms with Crippen LogP contribution in [-0.2, 0) is 14.3 Å². The summed E-state index contributed by atoms with van der Waals surface area (Å²) in [5.41, 5.74) is 0.668. The molecule has 3 rings (SSSR count). The van der Waals surface area contributed by atoms with Gasteiger partial charge in [-0.2, -0.15) is 0 Å². The van der Waals surface area contributed by atoms with Crippen molar-refractivity contribution in [2.24, 2.45) is 23.7 Å². The first-order valence-electron chi connectivity index (χ1n) is 9.11. The van der Waals surface area contributed by atoms with Crippen LogP contribution in [0.4, 0.5) is 5.69 Å². The number of benzene rings is 1. The molecule has 0 saturated heterocycles. The second-order valence-electron chi connectivity index (χ2n) is 6.81. The Balaban J connectivity index is 1.70. The van der Waals surface area contributed by atoms with Crippen molar-refractivity contribution in [2.75, 3.05) is 23.7 Å². The fraction of sp³-hybridized carbons (Fsp3) is 0.500. The third kappa shape index (κ3) is 4.41. The van der Waals surface area contributed by atoms with Gasteiger partial charge in [0.1, 0.15) is 11.9 Å². The maximum atomic E-state index is 12.9. The largest absolute Gasteiger partial charge is 0.494 e. The van der Waals surface area contributed by atoms with Crippen molar-refractivity contribution in [2.45, 2.75) is 19.4 Å². The highest BCUT2D eigenvalue weighted by Crippen LogP contribution is 2.49. The molecule has 0 spiro atoms. The Hall–Kier alpha value is -1.72.